The second-order valence-corrected chi connectivity index (χ2v) is 10.9. The minimum absolute atomic E-state index is 0.0688. The number of carbonyl (C=O) groups is 2. The maximum atomic E-state index is 12.8. The molecule has 0 saturated carbocycles. The number of nitrogens with one attached hydrogen (secondary N) is 1. The molecule has 0 bridgehead atoms. The summed E-state index contributed by atoms with van der Waals surface area (Å²) in [7, 11) is -3.99. The van der Waals surface area contributed by atoms with Gasteiger partial charge in [-0.25, -0.2) is 12.7 Å². The van der Waals surface area contributed by atoms with Gasteiger partial charge in [-0.15, -0.1) is 0 Å². The lowest BCUT2D eigenvalue weighted by atomic mass is 9.97. The van der Waals surface area contributed by atoms with E-state index in [0.29, 0.717) is 17.4 Å². The van der Waals surface area contributed by atoms with Gasteiger partial charge in [0, 0.05) is 28.3 Å². The van der Waals surface area contributed by atoms with Crippen LogP contribution in [-0.4, -0.2) is 40.7 Å². The van der Waals surface area contributed by atoms with Crippen molar-refractivity contribution >= 4 is 27.5 Å². The molecule has 9 nitrogen and oxygen atoms in total. The van der Waals surface area contributed by atoms with Gasteiger partial charge >= 0.3 is 0 Å². The lowest BCUT2D eigenvalue weighted by molar-refractivity contribution is 0.0846. The third-order valence-electron chi connectivity index (χ3n) is 5.15. The third-order valence-corrected chi connectivity index (χ3v) is 7.15. The zero-order valence-electron chi connectivity index (χ0n) is 18.9. The van der Waals surface area contributed by atoms with Crippen LogP contribution in [0.15, 0.2) is 51.9 Å². The normalized spacial score (nSPS) is 15.1. The van der Waals surface area contributed by atoms with Crippen LogP contribution in [0.3, 0.4) is 0 Å². The number of benzene rings is 2. The standard InChI is InChI=1S/C23H24N4O5S/c1-13(2)27-21(29)17-11-8-15(12-18(17)33(27,30)31)20(28)24-16-9-6-14(7-10-16)19-25-22(32-26-19)23(3,4)5/h6-13H,1-5H3,(H,24,28). The Kier molecular flexibility index (Phi) is 5.36. The monoisotopic (exact) mass is 468 g/mol. The van der Waals surface area contributed by atoms with Crippen LogP contribution in [0.25, 0.3) is 11.4 Å². The molecule has 0 aliphatic carbocycles. The van der Waals surface area contributed by atoms with Crippen LogP contribution in [-0.2, 0) is 15.4 Å². The van der Waals surface area contributed by atoms with Gasteiger partial charge in [-0.2, -0.15) is 4.98 Å². The molecule has 0 unspecified atom stereocenters. The Bertz CT molecular complexity index is 1350. The summed E-state index contributed by atoms with van der Waals surface area (Å²) in [4.78, 5) is 29.5. The largest absolute Gasteiger partial charge is 0.338 e. The molecule has 3 aromatic rings. The minimum atomic E-state index is -3.99. The molecule has 0 saturated heterocycles. The molecule has 1 aliphatic heterocycles. The third kappa shape index (κ3) is 4.02. The van der Waals surface area contributed by atoms with Crippen molar-refractivity contribution in [1.29, 1.82) is 0 Å². The molecule has 10 heteroatoms. The maximum absolute atomic E-state index is 12.8. The number of aromatic nitrogens is 2. The lowest BCUT2D eigenvalue weighted by Crippen LogP contribution is -2.36. The van der Waals surface area contributed by atoms with Gasteiger partial charge in [0.2, 0.25) is 11.7 Å². The van der Waals surface area contributed by atoms with E-state index < -0.39 is 27.9 Å². The number of carbonyl (C=O) groups excluding carboxylic acids is 2. The average molecular weight is 469 g/mol. The molecule has 33 heavy (non-hydrogen) atoms. The van der Waals surface area contributed by atoms with Crippen LogP contribution in [0.5, 0.6) is 0 Å². The Hall–Kier alpha value is -3.53. The van der Waals surface area contributed by atoms with Crippen LogP contribution in [0.1, 0.15) is 61.2 Å². The van der Waals surface area contributed by atoms with E-state index >= 15 is 0 Å². The molecule has 0 radical (unpaired) electrons. The summed E-state index contributed by atoms with van der Waals surface area (Å²) in [5, 5.41) is 6.73. The van der Waals surface area contributed by atoms with Crippen molar-refractivity contribution in [2.75, 3.05) is 5.32 Å². The Morgan fingerprint density at radius 1 is 1.09 bits per heavy atom. The summed E-state index contributed by atoms with van der Waals surface area (Å²) in [6, 6.07) is 10.4. The Labute approximate surface area is 191 Å². The Morgan fingerprint density at radius 2 is 1.76 bits per heavy atom. The van der Waals surface area contributed by atoms with Crippen LogP contribution in [0.4, 0.5) is 5.69 Å². The summed E-state index contributed by atoms with van der Waals surface area (Å²) in [5.41, 5.74) is 1.17. The van der Waals surface area contributed by atoms with E-state index in [9.17, 15) is 18.0 Å². The van der Waals surface area contributed by atoms with Crippen LogP contribution < -0.4 is 5.32 Å². The first-order chi connectivity index (χ1) is 15.4. The molecule has 1 aliphatic rings. The highest BCUT2D eigenvalue weighted by atomic mass is 32.2. The fourth-order valence-corrected chi connectivity index (χ4v) is 5.24. The van der Waals surface area contributed by atoms with Crippen molar-refractivity contribution in [2.45, 2.75) is 51.0 Å². The second kappa shape index (κ2) is 7.80. The first-order valence-corrected chi connectivity index (χ1v) is 11.8. The van der Waals surface area contributed by atoms with Crippen molar-refractivity contribution in [3.05, 3.63) is 59.5 Å². The molecule has 0 fully saturated rings. The number of anilines is 1. The van der Waals surface area contributed by atoms with Crippen LogP contribution >= 0.6 is 0 Å². The molecule has 2 heterocycles. The van der Waals surface area contributed by atoms with Crippen molar-refractivity contribution in [3.8, 4) is 11.4 Å². The average Bonchev–Trinajstić information content (AvgIpc) is 3.30. The van der Waals surface area contributed by atoms with Crippen LogP contribution in [0.2, 0.25) is 0 Å². The molecule has 1 aromatic heterocycles. The fourth-order valence-electron chi connectivity index (χ4n) is 3.45. The molecule has 4 rings (SSSR count). The van der Waals surface area contributed by atoms with Gasteiger partial charge in [0.25, 0.3) is 21.8 Å². The lowest BCUT2D eigenvalue weighted by Gasteiger charge is -2.18. The van der Waals surface area contributed by atoms with Crippen molar-refractivity contribution < 1.29 is 22.5 Å². The molecule has 2 amide bonds. The van der Waals surface area contributed by atoms with Gasteiger partial charge in [0.15, 0.2) is 0 Å². The first kappa shape index (κ1) is 22.7. The number of nitrogens with zero attached hydrogens (tertiary/aromatic N) is 3. The molecular formula is C23H24N4O5S. The quantitative estimate of drug-likeness (QED) is 0.617. The fraction of sp³-hybridized carbons (Fsp3) is 0.304. The predicted molar refractivity (Wildman–Crippen MR) is 121 cm³/mol. The number of sulfonamides is 1. The predicted octanol–water partition coefficient (Wildman–Crippen LogP) is 3.84. The van der Waals surface area contributed by atoms with Crippen molar-refractivity contribution in [2.24, 2.45) is 0 Å². The molecule has 0 atom stereocenters. The van der Waals surface area contributed by atoms with Crippen molar-refractivity contribution in [1.82, 2.24) is 14.4 Å². The highest BCUT2D eigenvalue weighted by Gasteiger charge is 2.42. The van der Waals surface area contributed by atoms with Gasteiger partial charge in [-0.1, -0.05) is 25.9 Å². The summed E-state index contributed by atoms with van der Waals surface area (Å²) in [6.45, 7) is 9.17. The summed E-state index contributed by atoms with van der Waals surface area (Å²) in [6.07, 6.45) is 0. The zero-order chi connectivity index (χ0) is 24.1. The van der Waals surface area contributed by atoms with Gasteiger partial charge in [-0.3, -0.25) is 9.59 Å². The highest BCUT2D eigenvalue weighted by molar-refractivity contribution is 7.90. The molecular weight excluding hydrogens is 444 g/mol. The molecule has 2 aromatic carbocycles. The van der Waals surface area contributed by atoms with Crippen molar-refractivity contribution in [3.63, 3.8) is 0 Å². The van der Waals surface area contributed by atoms with Gasteiger partial charge in [0.1, 0.15) is 4.90 Å². The van der Waals surface area contributed by atoms with E-state index in [4.69, 9.17) is 4.52 Å². The van der Waals surface area contributed by atoms with E-state index in [1.165, 1.54) is 18.2 Å². The number of hydrogen-bond donors (Lipinski definition) is 1. The van der Waals surface area contributed by atoms with Crippen LogP contribution in [0, 0.1) is 0 Å². The number of hydrogen-bond acceptors (Lipinski definition) is 7. The maximum Gasteiger partial charge on any atom is 0.269 e. The number of fused-ring (bicyclic) bond motifs is 1. The smallest absolute Gasteiger partial charge is 0.269 e. The molecule has 1 N–H and O–H groups in total. The summed E-state index contributed by atoms with van der Waals surface area (Å²) < 4.78 is 31.7. The second-order valence-electron chi connectivity index (χ2n) is 9.12. The summed E-state index contributed by atoms with van der Waals surface area (Å²) in [5.74, 6) is -0.110. The topological polar surface area (TPSA) is 122 Å². The van der Waals surface area contributed by atoms with E-state index in [2.05, 4.69) is 15.5 Å². The Morgan fingerprint density at radius 3 is 2.33 bits per heavy atom. The van der Waals surface area contributed by atoms with Gasteiger partial charge in [-0.05, 0) is 56.3 Å². The SMILES string of the molecule is CC(C)N1C(=O)c2ccc(C(=O)Nc3ccc(-c4noc(C(C)(C)C)n4)cc3)cc2S1(=O)=O. The number of amides is 2. The summed E-state index contributed by atoms with van der Waals surface area (Å²) >= 11 is 0. The van der Waals surface area contributed by atoms with E-state index in [-0.39, 0.29) is 21.4 Å². The van der Waals surface area contributed by atoms with E-state index in [0.717, 1.165) is 9.87 Å². The molecule has 0 spiro atoms. The van der Waals surface area contributed by atoms with Gasteiger partial charge in [0.05, 0.1) is 5.56 Å². The minimum Gasteiger partial charge on any atom is -0.338 e. The zero-order valence-corrected chi connectivity index (χ0v) is 19.7. The van der Waals surface area contributed by atoms with Gasteiger partial charge < -0.3 is 9.84 Å². The first-order valence-electron chi connectivity index (χ1n) is 10.4. The number of rotatable bonds is 4. The molecule has 172 valence electrons. The van der Waals surface area contributed by atoms with E-state index in [1.807, 2.05) is 20.8 Å². The highest BCUT2D eigenvalue weighted by Crippen LogP contribution is 2.33. The Balaban J connectivity index is 1.54. The van der Waals surface area contributed by atoms with E-state index in [1.54, 1.807) is 38.1 Å².